The number of piperazine rings is 1. The van der Waals surface area contributed by atoms with Crippen LogP contribution < -0.4 is 10.2 Å². The number of hydrogen-bond donors (Lipinski definition) is 1. The number of ketones is 1. The van der Waals surface area contributed by atoms with Crippen molar-refractivity contribution in [3.63, 3.8) is 0 Å². The zero-order valence-electron chi connectivity index (χ0n) is 15.3. The lowest BCUT2D eigenvalue weighted by Crippen LogP contribution is -2.54. The lowest BCUT2D eigenvalue weighted by Gasteiger charge is -2.38. The number of benzene rings is 1. The quantitative estimate of drug-likeness (QED) is 0.857. The van der Waals surface area contributed by atoms with Gasteiger partial charge in [0.05, 0.1) is 0 Å². The van der Waals surface area contributed by atoms with Crippen LogP contribution in [0.1, 0.15) is 49.9 Å². The van der Waals surface area contributed by atoms with Crippen LogP contribution in [0.25, 0.3) is 0 Å². The van der Waals surface area contributed by atoms with Crippen LogP contribution >= 0.6 is 0 Å². The van der Waals surface area contributed by atoms with Gasteiger partial charge >= 0.3 is 6.03 Å². The van der Waals surface area contributed by atoms with Crippen molar-refractivity contribution in [2.45, 2.75) is 45.6 Å². The van der Waals surface area contributed by atoms with Gasteiger partial charge in [-0.05, 0) is 49.9 Å². The number of anilines is 1. The third kappa shape index (κ3) is 4.33. The van der Waals surface area contributed by atoms with E-state index in [0.29, 0.717) is 12.0 Å². The molecule has 2 atom stereocenters. The highest BCUT2D eigenvalue weighted by Crippen LogP contribution is 2.24. The molecule has 25 heavy (non-hydrogen) atoms. The molecular weight excluding hydrogens is 314 g/mol. The Morgan fingerprint density at radius 3 is 2.24 bits per heavy atom. The molecule has 1 aliphatic heterocycles. The van der Waals surface area contributed by atoms with E-state index < -0.39 is 0 Å². The molecule has 1 aliphatic carbocycles. The Bertz CT molecular complexity index is 606. The van der Waals surface area contributed by atoms with Gasteiger partial charge in [0, 0.05) is 43.5 Å². The molecule has 2 unspecified atom stereocenters. The predicted octanol–water partition coefficient (Wildman–Crippen LogP) is 3.30. The molecule has 3 rings (SSSR count). The lowest BCUT2D eigenvalue weighted by atomic mass is 9.86. The summed E-state index contributed by atoms with van der Waals surface area (Å²) in [4.78, 5) is 28.1. The first-order chi connectivity index (χ1) is 12.0. The number of carbonyl (C=O) groups excluding carboxylic acids is 2. The minimum atomic E-state index is 0.0879. The fourth-order valence-corrected chi connectivity index (χ4v) is 3.86. The molecule has 5 heteroatoms. The summed E-state index contributed by atoms with van der Waals surface area (Å²) in [6, 6.07) is 8.16. The standard InChI is InChI=1S/C20H29N3O2/c1-15-5-3-4-6-19(15)21-20(25)23-13-11-22(12-14-23)18-9-7-17(8-10-18)16(2)24/h7-10,15,19H,3-6,11-14H2,1-2H3,(H,21,25). The van der Waals surface area contributed by atoms with E-state index in [4.69, 9.17) is 0 Å². The van der Waals surface area contributed by atoms with Crippen molar-refractivity contribution >= 4 is 17.5 Å². The maximum atomic E-state index is 12.5. The van der Waals surface area contributed by atoms with Gasteiger partial charge in [-0.1, -0.05) is 19.8 Å². The first-order valence-electron chi connectivity index (χ1n) is 9.46. The van der Waals surface area contributed by atoms with Crippen LogP contribution in [0, 0.1) is 5.92 Å². The lowest BCUT2D eigenvalue weighted by molar-refractivity contribution is 0.101. The van der Waals surface area contributed by atoms with Crippen LogP contribution in [0.3, 0.4) is 0 Å². The fraction of sp³-hybridized carbons (Fsp3) is 0.600. The molecule has 5 nitrogen and oxygen atoms in total. The third-order valence-corrected chi connectivity index (χ3v) is 5.63. The van der Waals surface area contributed by atoms with E-state index in [0.717, 1.165) is 43.9 Å². The van der Waals surface area contributed by atoms with Crippen molar-refractivity contribution < 1.29 is 9.59 Å². The minimum Gasteiger partial charge on any atom is -0.368 e. The monoisotopic (exact) mass is 343 g/mol. The highest BCUT2D eigenvalue weighted by molar-refractivity contribution is 5.94. The molecule has 2 aliphatic rings. The number of amides is 2. The van der Waals surface area contributed by atoms with Crippen LogP contribution in [0.2, 0.25) is 0 Å². The second-order valence-electron chi connectivity index (χ2n) is 7.39. The summed E-state index contributed by atoms with van der Waals surface area (Å²) in [6.07, 6.45) is 4.83. The number of nitrogens with zero attached hydrogens (tertiary/aromatic N) is 2. The number of rotatable bonds is 3. The largest absolute Gasteiger partial charge is 0.368 e. The van der Waals surface area contributed by atoms with Gasteiger partial charge in [0.2, 0.25) is 0 Å². The van der Waals surface area contributed by atoms with Gasteiger partial charge in [-0.25, -0.2) is 4.79 Å². The number of hydrogen-bond acceptors (Lipinski definition) is 3. The Labute approximate surface area is 150 Å². The van der Waals surface area contributed by atoms with Crippen molar-refractivity contribution in [2.75, 3.05) is 31.1 Å². The van der Waals surface area contributed by atoms with Crippen molar-refractivity contribution in [2.24, 2.45) is 5.92 Å². The highest BCUT2D eigenvalue weighted by atomic mass is 16.2. The Morgan fingerprint density at radius 1 is 1.00 bits per heavy atom. The van der Waals surface area contributed by atoms with Crippen LogP contribution in [0.5, 0.6) is 0 Å². The smallest absolute Gasteiger partial charge is 0.317 e. The summed E-state index contributed by atoms with van der Waals surface area (Å²) in [6.45, 7) is 6.95. The van der Waals surface area contributed by atoms with Crippen molar-refractivity contribution in [3.8, 4) is 0 Å². The summed E-state index contributed by atoms with van der Waals surface area (Å²) in [5.74, 6) is 0.670. The van der Waals surface area contributed by atoms with E-state index in [1.807, 2.05) is 29.2 Å². The minimum absolute atomic E-state index is 0.0879. The van der Waals surface area contributed by atoms with Gasteiger partial charge in [-0.2, -0.15) is 0 Å². The zero-order valence-corrected chi connectivity index (χ0v) is 15.3. The van der Waals surface area contributed by atoms with E-state index >= 15 is 0 Å². The predicted molar refractivity (Wildman–Crippen MR) is 100 cm³/mol. The van der Waals surface area contributed by atoms with E-state index in [9.17, 15) is 9.59 Å². The molecule has 0 spiro atoms. The van der Waals surface area contributed by atoms with Crippen molar-refractivity contribution in [3.05, 3.63) is 29.8 Å². The molecule has 1 N–H and O–H groups in total. The van der Waals surface area contributed by atoms with E-state index in [-0.39, 0.29) is 11.8 Å². The Hall–Kier alpha value is -2.04. The number of urea groups is 1. The molecule has 1 saturated carbocycles. The normalized spacial score (nSPS) is 24.1. The first kappa shape index (κ1) is 17.8. The van der Waals surface area contributed by atoms with Crippen molar-refractivity contribution in [1.29, 1.82) is 0 Å². The van der Waals surface area contributed by atoms with E-state index in [1.54, 1.807) is 6.92 Å². The van der Waals surface area contributed by atoms with Crippen LogP contribution in [0.15, 0.2) is 24.3 Å². The third-order valence-electron chi connectivity index (χ3n) is 5.63. The van der Waals surface area contributed by atoms with Gasteiger partial charge in [-0.15, -0.1) is 0 Å². The van der Waals surface area contributed by atoms with Gasteiger partial charge < -0.3 is 15.1 Å². The molecule has 1 aromatic rings. The van der Waals surface area contributed by atoms with Gasteiger partial charge in [0.15, 0.2) is 5.78 Å². The number of carbonyl (C=O) groups is 2. The molecule has 0 aromatic heterocycles. The molecular formula is C20H29N3O2. The molecule has 1 saturated heterocycles. The molecule has 0 radical (unpaired) electrons. The number of Topliss-reactive ketones (excluding diaryl/α,β-unsaturated/α-hetero) is 1. The first-order valence-corrected chi connectivity index (χ1v) is 9.46. The Balaban J connectivity index is 1.51. The highest BCUT2D eigenvalue weighted by Gasteiger charge is 2.27. The second kappa shape index (κ2) is 7.89. The summed E-state index contributed by atoms with van der Waals surface area (Å²) < 4.78 is 0. The zero-order chi connectivity index (χ0) is 17.8. The van der Waals surface area contributed by atoms with E-state index in [2.05, 4.69) is 17.1 Å². The van der Waals surface area contributed by atoms with Gasteiger partial charge in [0.25, 0.3) is 0 Å². The van der Waals surface area contributed by atoms with Crippen LogP contribution in [-0.2, 0) is 0 Å². The number of nitrogens with one attached hydrogen (secondary N) is 1. The summed E-state index contributed by atoms with van der Waals surface area (Å²) >= 11 is 0. The van der Waals surface area contributed by atoms with Crippen LogP contribution in [-0.4, -0.2) is 48.9 Å². The topological polar surface area (TPSA) is 52.7 Å². The SMILES string of the molecule is CC(=O)c1ccc(N2CCN(C(=O)NC3CCCCC3C)CC2)cc1. The molecule has 2 fully saturated rings. The van der Waals surface area contributed by atoms with Gasteiger partial charge in [-0.3, -0.25) is 4.79 Å². The summed E-state index contributed by atoms with van der Waals surface area (Å²) in [5.41, 5.74) is 1.86. The summed E-state index contributed by atoms with van der Waals surface area (Å²) in [5, 5.41) is 3.24. The second-order valence-corrected chi connectivity index (χ2v) is 7.39. The summed E-state index contributed by atoms with van der Waals surface area (Å²) in [7, 11) is 0. The Morgan fingerprint density at radius 2 is 1.64 bits per heavy atom. The average Bonchev–Trinajstić information content (AvgIpc) is 2.64. The van der Waals surface area contributed by atoms with Crippen LogP contribution in [0.4, 0.5) is 10.5 Å². The fourth-order valence-electron chi connectivity index (χ4n) is 3.86. The maximum Gasteiger partial charge on any atom is 0.317 e. The maximum absolute atomic E-state index is 12.5. The van der Waals surface area contributed by atoms with E-state index in [1.165, 1.54) is 19.3 Å². The average molecular weight is 343 g/mol. The molecule has 1 aromatic carbocycles. The molecule has 2 amide bonds. The molecule has 1 heterocycles. The van der Waals surface area contributed by atoms with Crippen molar-refractivity contribution in [1.82, 2.24) is 10.2 Å². The molecule has 136 valence electrons. The van der Waals surface area contributed by atoms with Gasteiger partial charge in [0.1, 0.15) is 0 Å². The molecule has 0 bridgehead atoms. The Kier molecular flexibility index (Phi) is 5.61.